The van der Waals surface area contributed by atoms with Crippen molar-refractivity contribution in [3.8, 4) is 5.75 Å². The summed E-state index contributed by atoms with van der Waals surface area (Å²) in [6.07, 6.45) is 0. The highest BCUT2D eigenvalue weighted by Crippen LogP contribution is 2.41. The summed E-state index contributed by atoms with van der Waals surface area (Å²) in [5.74, 6) is 0.857. The SMILES string of the molecule is CCOCCOCCOCCOCCOc1ccc2c(c1)C(C)(C)C(C)=N2. The molecule has 1 aliphatic heterocycles. The van der Waals surface area contributed by atoms with Crippen molar-refractivity contribution < 1.29 is 23.7 Å². The number of rotatable bonds is 14. The van der Waals surface area contributed by atoms with Crippen LogP contribution in [0.5, 0.6) is 5.75 Å². The lowest BCUT2D eigenvalue weighted by molar-refractivity contribution is -0.00342. The molecule has 152 valence electrons. The fourth-order valence-electron chi connectivity index (χ4n) is 2.74. The molecule has 6 heteroatoms. The first-order valence-electron chi connectivity index (χ1n) is 9.69. The van der Waals surface area contributed by atoms with Crippen molar-refractivity contribution >= 4 is 11.4 Å². The van der Waals surface area contributed by atoms with E-state index < -0.39 is 0 Å². The lowest BCUT2D eigenvalue weighted by Gasteiger charge is -2.20. The molecule has 0 aromatic heterocycles. The van der Waals surface area contributed by atoms with Crippen LogP contribution in [0.25, 0.3) is 0 Å². The standard InChI is InChI=1S/C21H33NO5/c1-5-23-8-9-24-10-11-25-12-13-26-14-15-27-18-6-7-20-19(16-18)21(3,4)17(2)22-20/h6-7,16H,5,8-15H2,1-4H3. The van der Waals surface area contributed by atoms with Gasteiger partial charge in [-0.25, -0.2) is 0 Å². The van der Waals surface area contributed by atoms with Gasteiger partial charge in [-0.3, -0.25) is 4.99 Å². The van der Waals surface area contributed by atoms with Gasteiger partial charge >= 0.3 is 0 Å². The Hall–Kier alpha value is -1.47. The van der Waals surface area contributed by atoms with Crippen molar-refractivity contribution in [2.75, 3.05) is 59.5 Å². The molecule has 0 radical (unpaired) electrons. The molecule has 0 N–H and O–H groups in total. The molecule has 6 nitrogen and oxygen atoms in total. The summed E-state index contributed by atoms with van der Waals surface area (Å²) in [4.78, 5) is 4.62. The topological polar surface area (TPSA) is 58.5 Å². The molecule has 0 saturated heterocycles. The number of hydrogen-bond acceptors (Lipinski definition) is 6. The Morgan fingerprint density at radius 3 is 1.96 bits per heavy atom. The first-order chi connectivity index (χ1) is 13.1. The Morgan fingerprint density at radius 1 is 0.815 bits per heavy atom. The number of fused-ring (bicyclic) bond motifs is 1. The summed E-state index contributed by atoms with van der Waals surface area (Å²) in [5, 5.41) is 0. The average molecular weight is 379 g/mol. The number of ether oxygens (including phenoxy) is 5. The van der Waals surface area contributed by atoms with Gasteiger partial charge in [0.1, 0.15) is 12.4 Å². The summed E-state index contributed by atoms with van der Waals surface area (Å²) in [5.41, 5.74) is 3.36. The van der Waals surface area contributed by atoms with Gasteiger partial charge < -0.3 is 23.7 Å². The molecule has 1 aromatic carbocycles. The second-order valence-electron chi connectivity index (χ2n) is 6.88. The van der Waals surface area contributed by atoms with Gasteiger partial charge in [-0.1, -0.05) is 13.8 Å². The highest BCUT2D eigenvalue weighted by atomic mass is 16.6. The van der Waals surface area contributed by atoms with Crippen molar-refractivity contribution in [1.82, 2.24) is 0 Å². The predicted molar refractivity (Wildman–Crippen MR) is 107 cm³/mol. The van der Waals surface area contributed by atoms with Gasteiger partial charge in [0.15, 0.2) is 0 Å². The summed E-state index contributed by atoms with van der Waals surface area (Å²) in [6, 6.07) is 6.07. The van der Waals surface area contributed by atoms with E-state index in [1.54, 1.807) is 0 Å². The second-order valence-corrected chi connectivity index (χ2v) is 6.88. The lowest BCUT2D eigenvalue weighted by Crippen LogP contribution is -2.22. The van der Waals surface area contributed by atoms with Crippen molar-refractivity contribution in [3.63, 3.8) is 0 Å². The molecular formula is C21H33NO5. The molecule has 1 aliphatic rings. The minimum absolute atomic E-state index is 0.0325. The molecule has 0 fully saturated rings. The van der Waals surface area contributed by atoms with Crippen LogP contribution >= 0.6 is 0 Å². The number of nitrogens with zero attached hydrogens (tertiary/aromatic N) is 1. The van der Waals surface area contributed by atoms with Crippen LogP contribution in [0.4, 0.5) is 5.69 Å². The Balaban J connectivity index is 1.49. The second kappa shape index (κ2) is 11.4. The molecule has 0 aliphatic carbocycles. The molecule has 0 bridgehead atoms. The van der Waals surface area contributed by atoms with E-state index in [9.17, 15) is 0 Å². The van der Waals surface area contributed by atoms with Crippen LogP contribution in [-0.4, -0.2) is 65.2 Å². The molecule has 0 amide bonds. The maximum atomic E-state index is 5.80. The Bertz CT molecular complexity index is 600. The van der Waals surface area contributed by atoms with Crippen LogP contribution in [0, 0.1) is 0 Å². The number of aliphatic imine (C=N–C) groups is 1. The highest BCUT2D eigenvalue weighted by Gasteiger charge is 2.32. The summed E-state index contributed by atoms with van der Waals surface area (Å²) in [7, 11) is 0. The fraction of sp³-hybridized carbons (Fsp3) is 0.667. The smallest absolute Gasteiger partial charge is 0.119 e. The lowest BCUT2D eigenvalue weighted by atomic mass is 9.82. The van der Waals surface area contributed by atoms with Crippen molar-refractivity contribution in [2.45, 2.75) is 33.1 Å². The van der Waals surface area contributed by atoms with Gasteiger partial charge in [0, 0.05) is 17.7 Å². The van der Waals surface area contributed by atoms with Crippen LogP contribution in [-0.2, 0) is 24.4 Å². The van der Waals surface area contributed by atoms with E-state index in [0.717, 1.165) is 23.8 Å². The molecule has 0 unspecified atom stereocenters. The van der Waals surface area contributed by atoms with Crippen LogP contribution < -0.4 is 4.74 Å². The third-order valence-electron chi connectivity index (χ3n) is 4.65. The van der Waals surface area contributed by atoms with E-state index in [1.807, 2.05) is 19.1 Å². The summed E-state index contributed by atoms with van der Waals surface area (Å²) < 4.78 is 27.3. The van der Waals surface area contributed by atoms with E-state index in [2.05, 4.69) is 31.8 Å². The van der Waals surface area contributed by atoms with Gasteiger partial charge in [-0.05, 0) is 37.6 Å². The Kier molecular flexibility index (Phi) is 9.21. The minimum atomic E-state index is -0.0325. The predicted octanol–water partition coefficient (Wildman–Crippen LogP) is 3.54. The quantitative estimate of drug-likeness (QED) is 0.463. The van der Waals surface area contributed by atoms with Crippen LogP contribution in [0.3, 0.4) is 0 Å². The summed E-state index contributed by atoms with van der Waals surface area (Å²) >= 11 is 0. The minimum Gasteiger partial charge on any atom is -0.491 e. The zero-order valence-electron chi connectivity index (χ0n) is 17.1. The van der Waals surface area contributed by atoms with E-state index in [1.165, 1.54) is 5.56 Å². The molecule has 1 heterocycles. The molecule has 0 spiro atoms. The van der Waals surface area contributed by atoms with Crippen molar-refractivity contribution in [2.24, 2.45) is 4.99 Å². The van der Waals surface area contributed by atoms with Crippen LogP contribution in [0.1, 0.15) is 33.3 Å². The van der Waals surface area contributed by atoms with Crippen molar-refractivity contribution in [3.05, 3.63) is 23.8 Å². The Morgan fingerprint density at radius 2 is 1.37 bits per heavy atom. The molecular weight excluding hydrogens is 346 g/mol. The van der Waals surface area contributed by atoms with E-state index in [0.29, 0.717) is 52.9 Å². The first-order valence-corrected chi connectivity index (χ1v) is 9.69. The zero-order chi connectivity index (χ0) is 19.5. The third-order valence-corrected chi connectivity index (χ3v) is 4.65. The van der Waals surface area contributed by atoms with Gasteiger partial charge in [-0.2, -0.15) is 0 Å². The van der Waals surface area contributed by atoms with Crippen molar-refractivity contribution in [1.29, 1.82) is 0 Å². The maximum absolute atomic E-state index is 5.80. The molecule has 27 heavy (non-hydrogen) atoms. The van der Waals surface area contributed by atoms with Gasteiger partial charge in [0.05, 0.1) is 51.9 Å². The van der Waals surface area contributed by atoms with Gasteiger partial charge in [0.25, 0.3) is 0 Å². The fourth-order valence-corrected chi connectivity index (χ4v) is 2.74. The van der Waals surface area contributed by atoms with E-state index >= 15 is 0 Å². The van der Waals surface area contributed by atoms with Gasteiger partial charge in [-0.15, -0.1) is 0 Å². The molecule has 1 aromatic rings. The highest BCUT2D eigenvalue weighted by molar-refractivity contribution is 5.99. The largest absolute Gasteiger partial charge is 0.491 e. The number of hydrogen-bond donors (Lipinski definition) is 0. The zero-order valence-corrected chi connectivity index (χ0v) is 17.1. The van der Waals surface area contributed by atoms with Gasteiger partial charge in [0.2, 0.25) is 0 Å². The first kappa shape index (κ1) is 21.8. The monoisotopic (exact) mass is 379 g/mol. The van der Waals surface area contributed by atoms with E-state index in [-0.39, 0.29) is 5.41 Å². The van der Waals surface area contributed by atoms with Crippen LogP contribution in [0.2, 0.25) is 0 Å². The molecule has 0 atom stereocenters. The molecule has 0 saturated carbocycles. The average Bonchev–Trinajstić information content (AvgIpc) is 2.88. The number of benzene rings is 1. The third kappa shape index (κ3) is 6.88. The summed E-state index contributed by atoms with van der Waals surface area (Å²) in [6.45, 7) is 13.7. The normalized spacial score (nSPS) is 14.9. The Labute approximate surface area is 162 Å². The van der Waals surface area contributed by atoms with Crippen LogP contribution in [0.15, 0.2) is 23.2 Å². The maximum Gasteiger partial charge on any atom is 0.119 e. The van der Waals surface area contributed by atoms with E-state index in [4.69, 9.17) is 23.7 Å². The molecule has 2 rings (SSSR count).